The fraction of sp³-hybridized carbons (Fsp3) is 0.438. The highest BCUT2D eigenvalue weighted by atomic mass is 127. The van der Waals surface area contributed by atoms with Gasteiger partial charge in [-0.3, -0.25) is 4.57 Å². The van der Waals surface area contributed by atoms with E-state index in [-0.39, 0.29) is 24.0 Å². The van der Waals surface area contributed by atoms with Crippen LogP contribution in [0.3, 0.4) is 0 Å². The largest absolute Gasteiger partial charge is 0.357 e. The Morgan fingerprint density at radius 2 is 2.26 bits per heavy atom. The van der Waals surface area contributed by atoms with Gasteiger partial charge in [0.2, 0.25) is 0 Å². The molecule has 2 atom stereocenters. The second kappa shape index (κ2) is 8.28. The highest BCUT2D eigenvalue weighted by Crippen LogP contribution is 2.28. The van der Waals surface area contributed by atoms with Crippen molar-refractivity contribution in [2.24, 2.45) is 10.9 Å². The molecule has 0 saturated heterocycles. The van der Waals surface area contributed by atoms with Crippen molar-refractivity contribution in [2.75, 3.05) is 6.54 Å². The lowest BCUT2D eigenvalue weighted by Gasteiger charge is -2.12. The summed E-state index contributed by atoms with van der Waals surface area (Å²) in [6.07, 6.45) is 8.41. The van der Waals surface area contributed by atoms with Crippen LogP contribution in [0.2, 0.25) is 0 Å². The van der Waals surface area contributed by atoms with Gasteiger partial charge in [0.05, 0.1) is 6.54 Å². The summed E-state index contributed by atoms with van der Waals surface area (Å²) < 4.78 is 1.91. The summed E-state index contributed by atoms with van der Waals surface area (Å²) in [6, 6.07) is 4.55. The molecule has 1 fully saturated rings. The van der Waals surface area contributed by atoms with Crippen molar-refractivity contribution in [1.29, 1.82) is 0 Å². The van der Waals surface area contributed by atoms with Crippen LogP contribution < -0.4 is 10.6 Å². The maximum atomic E-state index is 4.69. The fourth-order valence-corrected chi connectivity index (χ4v) is 2.35. The van der Waals surface area contributed by atoms with E-state index < -0.39 is 0 Å². The number of rotatable bonds is 5. The van der Waals surface area contributed by atoms with E-state index in [1.807, 2.05) is 16.8 Å². The molecule has 0 spiro atoms. The van der Waals surface area contributed by atoms with Gasteiger partial charge in [0.25, 0.3) is 0 Å². The molecule has 0 bridgehead atoms. The van der Waals surface area contributed by atoms with Crippen molar-refractivity contribution in [3.05, 3.63) is 42.6 Å². The Bertz CT molecular complexity index is 640. The van der Waals surface area contributed by atoms with Gasteiger partial charge < -0.3 is 10.6 Å². The first-order valence-electron chi connectivity index (χ1n) is 7.75. The van der Waals surface area contributed by atoms with Crippen molar-refractivity contribution in [3.8, 4) is 5.82 Å². The first-order valence-corrected chi connectivity index (χ1v) is 7.75. The Kier molecular flexibility index (Phi) is 6.37. The summed E-state index contributed by atoms with van der Waals surface area (Å²) >= 11 is 0. The van der Waals surface area contributed by atoms with Crippen LogP contribution in [0.4, 0.5) is 0 Å². The highest BCUT2D eigenvalue weighted by Gasteiger charge is 2.33. The normalized spacial score (nSPS) is 19.8. The first-order chi connectivity index (χ1) is 10.8. The molecular weight excluding hydrogens is 403 g/mol. The molecule has 0 aliphatic heterocycles. The van der Waals surface area contributed by atoms with Crippen molar-refractivity contribution in [1.82, 2.24) is 25.2 Å². The van der Waals surface area contributed by atoms with Crippen LogP contribution in [0.25, 0.3) is 5.82 Å². The van der Waals surface area contributed by atoms with Gasteiger partial charge in [0.1, 0.15) is 12.1 Å². The van der Waals surface area contributed by atoms with Crippen molar-refractivity contribution in [2.45, 2.75) is 32.9 Å². The summed E-state index contributed by atoms with van der Waals surface area (Å²) in [5.41, 5.74) is 1.07. The fourth-order valence-electron chi connectivity index (χ4n) is 2.35. The lowest BCUT2D eigenvalue weighted by Crippen LogP contribution is -2.39. The number of aliphatic imine (C=N–C) groups is 1. The second-order valence-electron chi connectivity index (χ2n) is 5.62. The van der Waals surface area contributed by atoms with Crippen molar-refractivity contribution in [3.63, 3.8) is 0 Å². The Labute approximate surface area is 153 Å². The lowest BCUT2D eigenvalue weighted by atomic mass is 10.2. The molecule has 2 aromatic rings. The summed E-state index contributed by atoms with van der Waals surface area (Å²) in [5.74, 6) is 2.49. The predicted molar refractivity (Wildman–Crippen MR) is 102 cm³/mol. The van der Waals surface area contributed by atoms with Gasteiger partial charge in [-0.1, -0.05) is 13.0 Å². The molecule has 124 valence electrons. The number of halogens is 1. The first kappa shape index (κ1) is 17.7. The minimum Gasteiger partial charge on any atom is -0.357 e. The minimum atomic E-state index is 0. The topological polar surface area (TPSA) is 67.1 Å². The quantitative estimate of drug-likeness (QED) is 0.438. The van der Waals surface area contributed by atoms with Crippen LogP contribution in [0.15, 0.2) is 42.0 Å². The smallest absolute Gasteiger partial charge is 0.191 e. The molecule has 0 amide bonds. The number of aromatic nitrogens is 3. The van der Waals surface area contributed by atoms with Crippen LogP contribution in [0, 0.1) is 5.92 Å². The van der Waals surface area contributed by atoms with E-state index in [2.05, 4.69) is 45.5 Å². The highest BCUT2D eigenvalue weighted by molar-refractivity contribution is 14.0. The van der Waals surface area contributed by atoms with Crippen LogP contribution in [0.1, 0.15) is 25.8 Å². The van der Waals surface area contributed by atoms with Crippen LogP contribution in [-0.4, -0.2) is 33.1 Å². The maximum Gasteiger partial charge on any atom is 0.191 e. The average Bonchev–Trinajstić information content (AvgIpc) is 3.02. The van der Waals surface area contributed by atoms with E-state index in [4.69, 9.17) is 0 Å². The molecule has 1 aliphatic carbocycles. The van der Waals surface area contributed by atoms with Crippen molar-refractivity contribution < 1.29 is 0 Å². The minimum absolute atomic E-state index is 0. The van der Waals surface area contributed by atoms with E-state index in [1.54, 1.807) is 18.7 Å². The maximum absolute atomic E-state index is 4.69. The summed E-state index contributed by atoms with van der Waals surface area (Å²) in [5, 5.41) is 6.76. The van der Waals surface area contributed by atoms with E-state index in [9.17, 15) is 0 Å². The molecule has 6 nitrogen and oxygen atoms in total. The molecule has 2 heterocycles. The number of hydrogen-bond donors (Lipinski definition) is 2. The Morgan fingerprint density at radius 3 is 2.91 bits per heavy atom. The van der Waals surface area contributed by atoms with Gasteiger partial charge in [0, 0.05) is 36.7 Å². The van der Waals surface area contributed by atoms with Gasteiger partial charge in [0.15, 0.2) is 5.96 Å². The predicted octanol–water partition coefficient (Wildman–Crippen LogP) is 2.35. The van der Waals surface area contributed by atoms with Gasteiger partial charge in [-0.05, 0) is 25.3 Å². The number of nitrogens with one attached hydrogen (secondary N) is 2. The van der Waals surface area contributed by atoms with Crippen LogP contribution >= 0.6 is 24.0 Å². The molecule has 2 aromatic heterocycles. The third-order valence-electron chi connectivity index (χ3n) is 3.80. The van der Waals surface area contributed by atoms with Gasteiger partial charge in [-0.15, -0.1) is 24.0 Å². The van der Waals surface area contributed by atoms with E-state index in [1.165, 1.54) is 6.42 Å². The third-order valence-corrected chi connectivity index (χ3v) is 3.80. The summed E-state index contributed by atoms with van der Waals surface area (Å²) in [7, 11) is 0. The average molecular weight is 426 g/mol. The number of pyridine rings is 1. The van der Waals surface area contributed by atoms with Crippen molar-refractivity contribution >= 4 is 29.9 Å². The van der Waals surface area contributed by atoms with Gasteiger partial charge >= 0.3 is 0 Å². The second-order valence-corrected chi connectivity index (χ2v) is 5.62. The summed E-state index contributed by atoms with van der Waals surface area (Å²) in [4.78, 5) is 13.2. The molecular formula is C16H23IN6. The van der Waals surface area contributed by atoms with Gasteiger partial charge in [-0.25, -0.2) is 15.0 Å². The molecule has 7 heteroatoms. The molecule has 1 aliphatic rings. The molecule has 2 unspecified atom stereocenters. The molecule has 1 saturated carbocycles. The Morgan fingerprint density at radius 1 is 1.43 bits per heavy atom. The van der Waals surface area contributed by atoms with E-state index >= 15 is 0 Å². The molecule has 3 rings (SSSR count). The van der Waals surface area contributed by atoms with Gasteiger partial charge in [-0.2, -0.15) is 0 Å². The number of guanidine groups is 1. The number of hydrogen-bond acceptors (Lipinski definition) is 3. The molecule has 0 radical (unpaired) electrons. The van der Waals surface area contributed by atoms with Crippen LogP contribution in [0.5, 0.6) is 0 Å². The zero-order chi connectivity index (χ0) is 15.4. The van der Waals surface area contributed by atoms with Crippen LogP contribution in [-0.2, 0) is 6.54 Å². The number of nitrogens with zero attached hydrogens (tertiary/aromatic N) is 4. The molecule has 23 heavy (non-hydrogen) atoms. The Hall–Kier alpha value is -1.64. The Balaban J connectivity index is 0.00000192. The number of imidazole rings is 1. The zero-order valence-electron chi connectivity index (χ0n) is 13.4. The lowest BCUT2D eigenvalue weighted by molar-refractivity contribution is 0.765. The summed E-state index contributed by atoms with van der Waals surface area (Å²) in [6.45, 7) is 5.76. The monoisotopic (exact) mass is 426 g/mol. The standard InChI is InChI=1S/C16H22N6.HI/c1-3-18-16(21-14-9-12(14)2)20-10-13-5-4-6-19-15(13)22-8-7-17-11-22;/h4-8,11-12,14H,3,9-10H2,1-2H3,(H2,18,20,21);1H. The third kappa shape index (κ3) is 4.66. The SMILES string of the molecule is CCNC(=NCc1cccnc1-n1ccnc1)NC1CC1C.I. The van der Waals surface area contributed by atoms with E-state index in [0.717, 1.165) is 29.8 Å². The molecule has 0 aromatic carbocycles. The zero-order valence-corrected chi connectivity index (χ0v) is 15.8. The molecule has 2 N–H and O–H groups in total. The van der Waals surface area contributed by atoms with E-state index in [0.29, 0.717) is 12.6 Å².